The van der Waals surface area contributed by atoms with E-state index in [1.165, 1.54) is 35.6 Å². The maximum Gasteiger partial charge on any atom is 0.412 e. The van der Waals surface area contributed by atoms with Crippen molar-refractivity contribution in [2.75, 3.05) is 11.9 Å². The average molecular weight is 755 g/mol. The summed E-state index contributed by atoms with van der Waals surface area (Å²) in [6.07, 6.45) is 7.08. The van der Waals surface area contributed by atoms with Crippen molar-refractivity contribution in [3.63, 3.8) is 0 Å². The zero-order chi connectivity index (χ0) is 38.1. The van der Waals surface area contributed by atoms with Crippen LogP contribution in [0.25, 0.3) is 11.3 Å². The summed E-state index contributed by atoms with van der Waals surface area (Å²) >= 11 is 6.48. The van der Waals surface area contributed by atoms with Crippen LogP contribution in [0.1, 0.15) is 69.6 Å². The summed E-state index contributed by atoms with van der Waals surface area (Å²) in [5, 5.41) is 10.2. The van der Waals surface area contributed by atoms with Gasteiger partial charge in [0.1, 0.15) is 18.8 Å². The highest BCUT2D eigenvalue weighted by Gasteiger charge is 2.55. The number of allylic oxidation sites excluding steroid dienone is 3. The second-order valence-corrected chi connectivity index (χ2v) is 14.1. The fraction of sp³-hybridized carbons (Fsp3) is 0.343. The van der Waals surface area contributed by atoms with E-state index in [4.69, 9.17) is 27.1 Å². The zero-order valence-electron chi connectivity index (χ0n) is 28.7. The van der Waals surface area contributed by atoms with E-state index in [2.05, 4.69) is 25.5 Å². The number of pyridine rings is 1. The first kappa shape index (κ1) is 37.2. The standard InChI is InChI=1S/C35H35ClF4N10O3/c1-34(2,3)18-35(23-10-7-20(8-11-23)22-15-44-48(16-22)31(39)40)30(51)49(32(41)47-35)26(17-53-33(52)46-27-6-4-5-13-42-27)21-9-12-24(36)25(14-21)50-29(28(37)38)43-19-45-50/h4-10,12-16,19,23,26,28,31H,11,17-18H2,1-3H3,(H2,41,47)(H,42,46,52)/t23?,26-,35-/m1/s1. The molecule has 1 aromatic carbocycles. The number of hydrogen-bond donors (Lipinski definition) is 2. The van der Waals surface area contributed by atoms with Crippen LogP contribution >= 0.6 is 11.6 Å². The molecule has 0 fully saturated rings. The molecule has 278 valence electrons. The SMILES string of the molecule is CC(C)(C)C[C@]1(C2C=CC(c3cnn(C(F)F)c3)=CC2)N=C(N)N([C@H](COC(=O)Nc2ccccn2)c2ccc(Cl)c(-n3ncnc3C(F)F)c2)C1=O. The molecule has 0 radical (unpaired) electrons. The van der Waals surface area contributed by atoms with Crippen LogP contribution in [0, 0.1) is 11.3 Å². The number of guanidine groups is 1. The Morgan fingerprint density at radius 3 is 2.58 bits per heavy atom. The average Bonchev–Trinajstić information content (AvgIpc) is 3.85. The highest BCUT2D eigenvalue weighted by molar-refractivity contribution is 6.32. The molecule has 0 spiro atoms. The number of alkyl halides is 4. The fourth-order valence-corrected chi connectivity index (χ4v) is 6.73. The highest BCUT2D eigenvalue weighted by atomic mass is 35.5. The normalized spacial score (nSPS) is 19.5. The molecular formula is C35H35ClF4N10O3. The number of nitrogens with two attached hydrogens (primary N) is 1. The number of halogens is 5. The lowest BCUT2D eigenvalue weighted by molar-refractivity contribution is -0.136. The van der Waals surface area contributed by atoms with Crippen LogP contribution in [0.5, 0.6) is 0 Å². The summed E-state index contributed by atoms with van der Waals surface area (Å²) in [5.74, 6) is -1.62. The first-order chi connectivity index (χ1) is 25.2. The molecule has 3 aromatic heterocycles. The number of nitrogens with zero attached hydrogens (tertiary/aromatic N) is 8. The van der Waals surface area contributed by atoms with Gasteiger partial charge in [0, 0.05) is 23.9 Å². The minimum absolute atomic E-state index is 0.0334. The van der Waals surface area contributed by atoms with Crippen molar-refractivity contribution < 1.29 is 31.9 Å². The molecule has 13 nitrogen and oxygen atoms in total. The summed E-state index contributed by atoms with van der Waals surface area (Å²) in [5.41, 5.74) is 6.21. The lowest BCUT2D eigenvalue weighted by Gasteiger charge is -2.38. The van der Waals surface area contributed by atoms with Crippen molar-refractivity contribution in [1.29, 1.82) is 0 Å². The van der Waals surface area contributed by atoms with Gasteiger partial charge in [-0.1, -0.05) is 62.7 Å². The number of aromatic nitrogens is 6. The third-order valence-electron chi connectivity index (χ3n) is 8.73. The molecule has 1 aliphatic carbocycles. The monoisotopic (exact) mass is 754 g/mol. The lowest BCUT2D eigenvalue weighted by Crippen LogP contribution is -2.51. The number of anilines is 1. The summed E-state index contributed by atoms with van der Waals surface area (Å²) < 4.78 is 61.2. The number of ether oxygens (including phenoxy) is 1. The summed E-state index contributed by atoms with van der Waals surface area (Å²) in [4.78, 5) is 41.7. The third kappa shape index (κ3) is 7.79. The molecule has 1 unspecified atom stereocenters. The Morgan fingerprint density at radius 2 is 1.94 bits per heavy atom. The van der Waals surface area contributed by atoms with Gasteiger partial charge in [-0.2, -0.15) is 19.0 Å². The predicted octanol–water partition coefficient (Wildman–Crippen LogP) is 7.13. The van der Waals surface area contributed by atoms with E-state index >= 15 is 0 Å². The maximum atomic E-state index is 15.0. The van der Waals surface area contributed by atoms with Crippen LogP contribution < -0.4 is 11.1 Å². The molecule has 53 heavy (non-hydrogen) atoms. The molecule has 6 rings (SSSR count). The van der Waals surface area contributed by atoms with E-state index < -0.39 is 60.3 Å². The van der Waals surface area contributed by atoms with Gasteiger partial charge in [-0.3, -0.25) is 15.0 Å². The van der Waals surface area contributed by atoms with Crippen LogP contribution in [0.3, 0.4) is 0 Å². The van der Waals surface area contributed by atoms with E-state index in [9.17, 15) is 27.2 Å². The Kier molecular flexibility index (Phi) is 10.4. The molecular weight excluding hydrogens is 720 g/mol. The summed E-state index contributed by atoms with van der Waals surface area (Å²) in [7, 11) is 0. The topological polar surface area (TPSA) is 158 Å². The molecule has 3 atom stereocenters. The fourth-order valence-electron chi connectivity index (χ4n) is 6.53. The minimum atomic E-state index is -2.98. The zero-order valence-corrected chi connectivity index (χ0v) is 29.5. The van der Waals surface area contributed by atoms with Crippen molar-refractivity contribution in [3.8, 4) is 5.69 Å². The van der Waals surface area contributed by atoms with Gasteiger partial charge in [0.05, 0.1) is 22.9 Å². The van der Waals surface area contributed by atoms with Crippen LogP contribution in [-0.2, 0) is 9.53 Å². The molecule has 0 saturated carbocycles. The van der Waals surface area contributed by atoms with Gasteiger partial charge in [0.2, 0.25) is 0 Å². The molecule has 4 aromatic rings. The van der Waals surface area contributed by atoms with E-state index in [1.807, 2.05) is 32.9 Å². The second kappa shape index (κ2) is 14.8. The molecule has 1 aliphatic heterocycles. The van der Waals surface area contributed by atoms with E-state index in [0.29, 0.717) is 27.8 Å². The van der Waals surface area contributed by atoms with Gasteiger partial charge in [0.15, 0.2) is 17.3 Å². The Labute approximate surface area is 306 Å². The Hall–Kier alpha value is -5.58. The number of benzene rings is 1. The van der Waals surface area contributed by atoms with Crippen molar-refractivity contribution in [3.05, 3.63) is 102 Å². The van der Waals surface area contributed by atoms with E-state index in [1.54, 1.807) is 30.3 Å². The van der Waals surface area contributed by atoms with Gasteiger partial charge in [-0.05, 0) is 53.7 Å². The van der Waals surface area contributed by atoms with Crippen molar-refractivity contribution in [2.45, 2.75) is 58.2 Å². The van der Waals surface area contributed by atoms with Gasteiger partial charge >= 0.3 is 12.6 Å². The first-order valence-electron chi connectivity index (χ1n) is 16.4. The minimum Gasteiger partial charge on any atom is -0.447 e. The Bertz CT molecular complexity index is 2080. The van der Waals surface area contributed by atoms with E-state index in [-0.39, 0.29) is 28.9 Å². The second-order valence-electron chi connectivity index (χ2n) is 13.7. The van der Waals surface area contributed by atoms with Crippen molar-refractivity contribution >= 4 is 41.0 Å². The van der Waals surface area contributed by atoms with Gasteiger partial charge in [-0.25, -0.2) is 37.9 Å². The molecule has 3 N–H and O–H groups in total. The van der Waals surface area contributed by atoms with Crippen LogP contribution in [0.2, 0.25) is 5.02 Å². The molecule has 2 aliphatic rings. The maximum absolute atomic E-state index is 15.0. The van der Waals surface area contributed by atoms with Crippen LogP contribution in [0.15, 0.2) is 84.5 Å². The van der Waals surface area contributed by atoms with Crippen LogP contribution in [-0.4, -0.2) is 64.5 Å². The molecule has 18 heteroatoms. The van der Waals surface area contributed by atoms with Crippen molar-refractivity contribution in [1.82, 2.24) is 34.4 Å². The predicted molar refractivity (Wildman–Crippen MR) is 187 cm³/mol. The Balaban J connectivity index is 1.37. The number of amides is 2. The number of nitrogens with one attached hydrogen (secondary N) is 1. The number of hydrogen-bond acceptors (Lipinski definition) is 9. The summed E-state index contributed by atoms with van der Waals surface area (Å²) in [6.45, 7) is 2.61. The summed E-state index contributed by atoms with van der Waals surface area (Å²) in [6, 6.07) is 8.19. The number of carbonyl (C=O) groups excluding carboxylic acids is 2. The lowest BCUT2D eigenvalue weighted by atomic mass is 9.70. The smallest absolute Gasteiger partial charge is 0.412 e. The van der Waals surface area contributed by atoms with Gasteiger partial charge < -0.3 is 10.5 Å². The van der Waals surface area contributed by atoms with E-state index in [0.717, 1.165) is 11.0 Å². The number of rotatable bonds is 11. The number of carbonyl (C=O) groups is 2. The quantitative estimate of drug-likeness (QED) is 0.153. The highest BCUT2D eigenvalue weighted by Crippen LogP contribution is 2.46. The molecule has 4 heterocycles. The van der Waals surface area contributed by atoms with Crippen LogP contribution in [0.4, 0.5) is 28.2 Å². The van der Waals surface area contributed by atoms with Crippen molar-refractivity contribution in [2.24, 2.45) is 22.1 Å². The third-order valence-corrected chi connectivity index (χ3v) is 9.05. The molecule has 0 saturated heterocycles. The number of aliphatic imine (C=N–C) groups is 1. The van der Waals surface area contributed by atoms with Gasteiger partial charge in [-0.15, -0.1) is 0 Å². The molecule has 2 amide bonds. The van der Waals surface area contributed by atoms with Gasteiger partial charge in [0.25, 0.3) is 12.3 Å². The largest absolute Gasteiger partial charge is 0.447 e. The Morgan fingerprint density at radius 1 is 1.15 bits per heavy atom. The first-order valence-corrected chi connectivity index (χ1v) is 16.8. The molecule has 0 bridgehead atoms.